The van der Waals surface area contributed by atoms with Crippen molar-refractivity contribution in [2.24, 2.45) is 11.8 Å². The summed E-state index contributed by atoms with van der Waals surface area (Å²) in [5, 5.41) is 18.1. The second-order valence-corrected chi connectivity index (χ2v) is 10.4. The van der Waals surface area contributed by atoms with Crippen LogP contribution in [0.4, 0.5) is 13.2 Å². The third kappa shape index (κ3) is 4.35. The molecule has 0 radical (unpaired) electrons. The highest BCUT2D eigenvalue weighted by Gasteiger charge is 2.54. The fraction of sp³-hybridized carbons (Fsp3) is 0.560. The van der Waals surface area contributed by atoms with Gasteiger partial charge in [-0.15, -0.1) is 0 Å². The van der Waals surface area contributed by atoms with Crippen molar-refractivity contribution >= 4 is 5.91 Å². The van der Waals surface area contributed by atoms with Crippen molar-refractivity contribution in [1.82, 2.24) is 36.0 Å². The Labute approximate surface area is 211 Å². The molecular formula is C25H27F3N8O. The van der Waals surface area contributed by atoms with Crippen LogP contribution in [-0.4, -0.2) is 44.2 Å². The van der Waals surface area contributed by atoms with Crippen molar-refractivity contribution in [3.63, 3.8) is 0 Å². The number of rotatable bonds is 5. The van der Waals surface area contributed by atoms with Crippen LogP contribution in [-0.2, 0) is 11.0 Å². The van der Waals surface area contributed by atoms with E-state index < -0.39 is 36.0 Å². The summed E-state index contributed by atoms with van der Waals surface area (Å²) >= 11 is 0. The average molecular weight is 513 g/mol. The van der Waals surface area contributed by atoms with Crippen LogP contribution in [0.5, 0.6) is 0 Å². The molecule has 2 aromatic heterocycles. The predicted octanol–water partition coefficient (Wildman–Crippen LogP) is 2.72. The maximum absolute atomic E-state index is 13.2. The molecule has 4 aliphatic rings. The highest BCUT2D eigenvalue weighted by atomic mass is 19.4. The number of nitrogens with zero attached hydrogens (tertiary/aromatic N) is 5. The molecule has 4 fully saturated rings. The molecule has 194 valence electrons. The van der Waals surface area contributed by atoms with Gasteiger partial charge in [-0.3, -0.25) is 15.1 Å². The summed E-state index contributed by atoms with van der Waals surface area (Å²) in [5.41, 5.74) is 3.75. The van der Waals surface area contributed by atoms with E-state index in [9.17, 15) is 23.2 Å². The van der Waals surface area contributed by atoms with Crippen molar-refractivity contribution in [3.05, 3.63) is 53.4 Å². The van der Waals surface area contributed by atoms with E-state index in [1.54, 1.807) is 11.9 Å². The molecule has 4 heterocycles. The summed E-state index contributed by atoms with van der Waals surface area (Å²) in [6.07, 6.45) is 1.74. The van der Waals surface area contributed by atoms with Gasteiger partial charge >= 0.3 is 6.18 Å². The first kappa shape index (κ1) is 24.2. The number of nitriles is 1. The monoisotopic (exact) mass is 512 g/mol. The number of alkyl halides is 3. The van der Waals surface area contributed by atoms with E-state index in [-0.39, 0.29) is 23.9 Å². The van der Waals surface area contributed by atoms with E-state index >= 15 is 0 Å². The number of hydrogen-bond acceptors (Lipinski definition) is 8. The lowest BCUT2D eigenvalue weighted by Crippen LogP contribution is -2.68. The molecular weight excluding hydrogens is 485 g/mol. The minimum absolute atomic E-state index is 0.0883. The van der Waals surface area contributed by atoms with Gasteiger partial charge in [0.1, 0.15) is 17.6 Å². The van der Waals surface area contributed by atoms with Crippen molar-refractivity contribution in [2.75, 3.05) is 0 Å². The molecule has 7 atom stereocenters. The number of aromatic nitrogens is 3. The third-order valence-corrected chi connectivity index (χ3v) is 8.13. The predicted molar refractivity (Wildman–Crippen MR) is 124 cm³/mol. The average Bonchev–Trinajstić information content (AvgIpc) is 3.64. The number of nitrogens with one attached hydrogen (secondary N) is 3. The van der Waals surface area contributed by atoms with Crippen LogP contribution < -0.4 is 16.1 Å². The second-order valence-electron chi connectivity index (χ2n) is 10.4. The van der Waals surface area contributed by atoms with Gasteiger partial charge in [-0.05, 0) is 50.3 Å². The molecule has 12 heteroatoms. The van der Waals surface area contributed by atoms with Crippen LogP contribution in [0.1, 0.15) is 73.3 Å². The number of carbonyl (C=O) groups excluding carboxylic acids is 1. The Morgan fingerprint density at radius 1 is 1.16 bits per heavy atom. The normalized spacial score (nSPS) is 32.7. The Bertz CT molecular complexity index is 1230. The summed E-state index contributed by atoms with van der Waals surface area (Å²) in [6.45, 7) is 1.81. The largest absolute Gasteiger partial charge is 0.433 e. The zero-order chi connectivity index (χ0) is 25.9. The second kappa shape index (κ2) is 9.01. The zero-order valence-electron chi connectivity index (χ0n) is 20.1. The molecule has 2 saturated heterocycles. The van der Waals surface area contributed by atoms with Crippen LogP contribution in [0.15, 0.2) is 30.6 Å². The fourth-order valence-electron chi connectivity index (χ4n) is 5.72. The summed E-state index contributed by atoms with van der Waals surface area (Å²) in [6, 6.07) is 5.22. The Balaban J connectivity index is 1.22. The van der Waals surface area contributed by atoms with Crippen LogP contribution in [0, 0.1) is 23.2 Å². The molecule has 5 unspecified atom stereocenters. The van der Waals surface area contributed by atoms with Gasteiger partial charge in [-0.2, -0.15) is 18.4 Å². The molecule has 0 bridgehead atoms. The van der Waals surface area contributed by atoms with Gasteiger partial charge in [0.25, 0.3) is 0 Å². The Morgan fingerprint density at radius 2 is 1.97 bits per heavy atom. The molecule has 9 nitrogen and oxygen atoms in total. The first-order valence-corrected chi connectivity index (χ1v) is 12.6. The number of amides is 1. The number of halogens is 3. The van der Waals surface area contributed by atoms with Crippen LogP contribution >= 0.6 is 0 Å². The molecule has 3 N–H and O–H groups in total. The molecule has 1 amide bonds. The lowest BCUT2D eigenvalue weighted by Gasteiger charge is -2.47. The van der Waals surface area contributed by atoms with Gasteiger partial charge in [0.2, 0.25) is 5.91 Å². The highest BCUT2D eigenvalue weighted by molar-refractivity contribution is 5.82. The minimum Gasteiger partial charge on any atom is -0.340 e. The SMILES string of the molecule is C[C@@H](c1ccc(C(F)(F)F)nc1)N1NC(C#N)C2C(=O)NC(C3CC[C@H]3c3nccc(C4CC4)n3)NC21. The van der Waals surface area contributed by atoms with Crippen molar-refractivity contribution in [3.8, 4) is 6.07 Å². The standard InChI is InChI=1S/C25H27F3N8O/c1-12(14-4-7-19(31-11-14)25(26,27)28)36-23-20(18(10-29)35-36)24(37)34-22(33-23)16-6-5-15(16)21-30-9-8-17(32-21)13-2-3-13/h4,7-9,11-13,15-16,18,20,22-23,33,35H,2-3,5-6H2,1H3,(H,34,37)/t12-,15+,16?,18?,20?,22?,23?/m0/s1. The number of hydrogen-bond donors (Lipinski definition) is 3. The van der Waals surface area contributed by atoms with E-state index in [4.69, 9.17) is 4.98 Å². The van der Waals surface area contributed by atoms with Gasteiger partial charge in [0.05, 0.1) is 24.3 Å². The number of fused-ring (bicyclic) bond motifs is 1. The lowest BCUT2D eigenvalue weighted by atomic mass is 9.70. The Hall–Kier alpha value is -3.14. The van der Waals surface area contributed by atoms with Crippen LogP contribution in [0.2, 0.25) is 0 Å². The van der Waals surface area contributed by atoms with Crippen LogP contribution in [0.3, 0.4) is 0 Å². The van der Waals surface area contributed by atoms with Crippen LogP contribution in [0.25, 0.3) is 0 Å². The molecule has 2 aliphatic carbocycles. The highest BCUT2D eigenvalue weighted by Crippen LogP contribution is 2.45. The lowest BCUT2D eigenvalue weighted by molar-refractivity contribution is -0.141. The van der Waals surface area contributed by atoms with Crippen molar-refractivity contribution < 1.29 is 18.0 Å². The minimum atomic E-state index is -4.53. The maximum atomic E-state index is 13.2. The molecule has 6 rings (SSSR count). The first-order valence-electron chi connectivity index (χ1n) is 12.6. The first-order chi connectivity index (χ1) is 17.7. The smallest absolute Gasteiger partial charge is 0.340 e. The van der Waals surface area contributed by atoms with Gasteiger partial charge in [0.15, 0.2) is 0 Å². The summed E-state index contributed by atoms with van der Waals surface area (Å²) in [5.74, 6) is 0.616. The number of pyridine rings is 1. The summed E-state index contributed by atoms with van der Waals surface area (Å²) in [7, 11) is 0. The maximum Gasteiger partial charge on any atom is 0.433 e. The van der Waals surface area contributed by atoms with Gasteiger partial charge < -0.3 is 5.32 Å². The molecule has 2 aliphatic heterocycles. The summed E-state index contributed by atoms with van der Waals surface area (Å²) in [4.78, 5) is 26.1. The Kier molecular flexibility index (Phi) is 5.89. The fourth-order valence-corrected chi connectivity index (χ4v) is 5.72. The van der Waals surface area contributed by atoms with Gasteiger partial charge in [-0.25, -0.2) is 20.4 Å². The third-order valence-electron chi connectivity index (χ3n) is 8.13. The summed E-state index contributed by atoms with van der Waals surface area (Å²) < 4.78 is 38.9. The van der Waals surface area contributed by atoms with E-state index in [1.807, 2.05) is 12.3 Å². The molecule has 2 aromatic rings. The zero-order valence-corrected chi connectivity index (χ0v) is 20.1. The molecule has 2 saturated carbocycles. The Morgan fingerprint density at radius 3 is 2.59 bits per heavy atom. The van der Waals surface area contributed by atoms with E-state index in [0.29, 0.717) is 11.5 Å². The number of carbonyl (C=O) groups is 1. The van der Waals surface area contributed by atoms with Gasteiger partial charge in [0, 0.05) is 41.9 Å². The molecule has 37 heavy (non-hydrogen) atoms. The molecule has 0 spiro atoms. The number of hydrazine groups is 1. The van der Waals surface area contributed by atoms with E-state index in [0.717, 1.165) is 43.3 Å². The molecule has 0 aromatic carbocycles. The van der Waals surface area contributed by atoms with E-state index in [2.05, 4.69) is 32.1 Å². The van der Waals surface area contributed by atoms with Crippen molar-refractivity contribution in [2.45, 2.75) is 75.0 Å². The quantitative estimate of drug-likeness (QED) is 0.560. The topological polar surface area (TPSA) is 119 Å². The van der Waals surface area contributed by atoms with Crippen molar-refractivity contribution in [1.29, 1.82) is 5.26 Å². The van der Waals surface area contributed by atoms with Gasteiger partial charge in [-0.1, -0.05) is 6.07 Å². The van der Waals surface area contributed by atoms with E-state index in [1.165, 1.54) is 12.3 Å².